The van der Waals surface area contributed by atoms with Crippen molar-refractivity contribution < 1.29 is 59.5 Å². The summed E-state index contributed by atoms with van der Waals surface area (Å²) in [5, 5.41) is 71.4. The van der Waals surface area contributed by atoms with Crippen LogP contribution in [0.1, 0.15) is 38.3 Å². The molecule has 3 unspecified atom stereocenters. The average Bonchev–Trinajstić information content (AvgIpc) is 2.90. The molecule has 14 heteroatoms. The van der Waals surface area contributed by atoms with Crippen LogP contribution in [0.5, 0.6) is 0 Å². The van der Waals surface area contributed by atoms with Crippen molar-refractivity contribution in [3.8, 4) is 0 Å². The maximum absolute atomic E-state index is 10.6. The number of nitrogens with one attached hydrogen (secondary N) is 1. The van der Waals surface area contributed by atoms with E-state index in [-0.39, 0.29) is 12.4 Å². The van der Waals surface area contributed by atoms with Crippen LogP contribution in [-0.4, -0.2) is 122 Å². The number of aromatic nitrogens is 1. The molecule has 230 valence electrons. The van der Waals surface area contributed by atoms with Gasteiger partial charge in [-0.05, 0) is 51.3 Å². The summed E-state index contributed by atoms with van der Waals surface area (Å²) in [6.07, 6.45) is -8.18. The first-order chi connectivity index (χ1) is 18.9. The van der Waals surface area contributed by atoms with Crippen molar-refractivity contribution in [3.05, 3.63) is 41.4 Å². The van der Waals surface area contributed by atoms with Gasteiger partial charge in [-0.3, -0.25) is 9.82 Å². The standard InChI is InChI=1S/C26H44N2O12/c1-15-10-16(12-27-11-15)14-37-28-7-5-9-36-25-22(34)20(32)23(18(13-30)38-25)39-24(35)21(33)19(31)17(6-8-29)40-26(2,3)4/h6,10-12,18-25,28-35H,5,7-9,13-14H2,1-4H3/b17-6-/t18?,19-,20+,21?,22?,23-,24-,25+/m1/s1. The van der Waals surface area contributed by atoms with Crippen LogP contribution < -0.4 is 5.48 Å². The highest BCUT2D eigenvalue weighted by Gasteiger charge is 2.47. The van der Waals surface area contributed by atoms with Crippen molar-refractivity contribution >= 4 is 0 Å². The molecule has 0 bridgehead atoms. The van der Waals surface area contributed by atoms with Crippen LogP contribution in [0, 0.1) is 6.92 Å². The smallest absolute Gasteiger partial charge is 0.186 e. The Morgan fingerprint density at radius 2 is 1.88 bits per heavy atom. The van der Waals surface area contributed by atoms with Gasteiger partial charge in [0.15, 0.2) is 12.6 Å². The van der Waals surface area contributed by atoms with E-state index >= 15 is 0 Å². The lowest BCUT2D eigenvalue weighted by Gasteiger charge is -2.43. The molecule has 1 aliphatic heterocycles. The van der Waals surface area contributed by atoms with Crippen LogP contribution >= 0.6 is 0 Å². The first kappa shape index (κ1) is 34.4. The number of hydrogen-bond acceptors (Lipinski definition) is 14. The summed E-state index contributed by atoms with van der Waals surface area (Å²) in [5.41, 5.74) is 3.94. The van der Waals surface area contributed by atoms with Gasteiger partial charge in [0.2, 0.25) is 0 Å². The Balaban J connectivity index is 1.83. The Bertz CT molecular complexity index is 897. The van der Waals surface area contributed by atoms with Crippen molar-refractivity contribution in [1.82, 2.24) is 10.5 Å². The molecule has 0 saturated carbocycles. The normalized spacial score (nSPS) is 26.4. The molecule has 1 aromatic rings. The summed E-state index contributed by atoms with van der Waals surface area (Å²) in [6, 6.07) is 1.95. The summed E-state index contributed by atoms with van der Waals surface area (Å²) in [6.45, 7) is 6.65. The average molecular weight is 577 g/mol. The van der Waals surface area contributed by atoms with Crippen LogP contribution in [0.4, 0.5) is 0 Å². The van der Waals surface area contributed by atoms with Crippen molar-refractivity contribution in [2.24, 2.45) is 0 Å². The minimum Gasteiger partial charge on any atom is -0.490 e. The second kappa shape index (κ2) is 16.6. The molecule has 2 heterocycles. The first-order valence-corrected chi connectivity index (χ1v) is 13.1. The maximum atomic E-state index is 10.6. The molecule has 1 aliphatic rings. The maximum Gasteiger partial charge on any atom is 0.186 e. The van der Waals surface area contributed by atoms with E-state index in [1.807, 2.05) is 13.0 Å². The van der Waals surface area contributed by atoms with E-state index in [4.69, 9.17) is 23.8 Å². The van der Waals surface area contributed by atoms with Crippen LogP contribution in [0.15, 0.2) is 30.3 Å². The van der Waals surface area contributed by atoms with Gasteiger partial charge in [0, 0.05) is 18.9 Å². The molecule has 14 nitrogen and oxygen atoms in total. The first-order valence-electron chi connectivity index (χ1n) is 13.1. The van der Waals surface area contributed by atoms with Crippen LogP contribution in [0.2, 0.25) is 0 Å². The zero-order chi connectivity index (χ0) is 29.9. The fraction of sp³-hybridized carbons (Fsp3) is 0.731. The van der Waals surface area contributed by atoms with E-state index < -0.39 is 68.0 Å². The second-order valence-electron chi connectivity index (χ2n) is 10.4. The van der Waals surface area contributed by atoms with Crippen LogP contribution in [0.25, 0.3) is 0 Å². The Kier molecular flexibility index (Phi) is 14.3. The van der Waals surface area contributed by atoms with Gasteiger partial charge in [-0.15, -0.1) is 0 Å². The third-order valence-corrected chi connectivity index (χ3v) is 5.72. The SMILES string of the molecule is Cc1cncc(CONCCCO[C@H]2OC(CO)[C@@H](O[C@@H](O)C(O)[C@H](O)/C(=C/CO)OC(C)(C)C)[C@@H](O)C2O)c1. The van der Waals surface area contributed by atoms with Gasteiger partial charge in [-0.1, -0.05) is 6.07 Å². The van der Waals surface area contributed by atoms with E-state index in [2.05, 4.69) is 10.5 Å². The van der Waals surface area contributed by atoms with E-state index in [9.17, 15) is 35.7 Å². The minimum atomic E-state index is -2.09. The predicted molar refractivity (Wildman–Crippen MR) is 139 cm³/mol. The van der Waals surface area contributed by atoms with Gasteiger partial charge < -0.3 is 54.7 Å². The molecule has 0 spiro atoms. The number of aryl methyl sites for hydroxylation is 1. The monoisotopic (exact) mass is 576 g/mol. The summed E-state index contributed by atoms with van der Waals surface area (Å²) in [7, 11) is 0. The Hall–Kier alpha value is -1.79. The predicted octanol–water partition coefficient (Wildman–Crippen LogP) is -1.63. The third-order valence-electron chi connectivity index (χ3n) is 5.72. The number of hydrogen-bond donors (Lipinski definition) is 8. The van der Waals surface area contributed by atoms with Crippen LogP contribution in [-0.2, 0) is 30.4 Å². The lowest BCUT2D eigenvalue weighted by atomic mass is 9.98. The summed E-state index contributed by atoms with van der Waals surface area (Å²) < 4.78 is 21.9. The molecule has 1 aromatic heterocycles. The number of ether oxygens (including phenoxy) is 4. The van der Waals surface area contributed by atoms with Crippen molar-refractivity contribution in [2.45, 2.75) is 95.5 Å². The molecule has 8 N–H and O–H groups in total. The largest absolute Gasteiger partial charge is 0.490 e. The highest BCUT2D eigenvalue weighted by atomic mass is 16.7. The zero-order valence-electron chi connectivity index (χ0n) is 23.3. The molecule has 1 fully saturated rings. The van der Waals surface area contributed by atoms with Gasteiger partial charge in [-0.2, -0.15) is 0 Å². The molecule has 8 atom stereocenters. The molecule has 2 rings (SSSR count). The summed E-state index contributed by atoms with van der Waals surface area (Å²) in [4.78, 5) is 9.46. The number of hydroxylamine groups is 1. The highest BCUT2D eigenvalue weighted by molar-refractivity contribution is 5.15. The lowest BCUT2D eigenvalue weighted by molar-refractivity contribution is -0.332. The molecular formula is C26H44N2O12. The summed E-state index contributed by atoms with van der Waals surface area (Å²) in [5.74, 6) is -0.204. The van der Waals surface area contributed by atoms with Crippen molar-refractivity contribution in [3.63, 3.8) is 0 Å². The van der Waals surface area contributed by atoms with Gasteiger partial charge in [-0.25, -0.2) is 5.48 Å². The van der Waals surface area contributed by atoms with Gasteiger partial charge in [0.1, 0.15) is 48.0 Å². The number of pyridine rings is 1. The number of aliphatic hydroxyl groups is 7. The Labute approximate surface area is 233 Å². The Morgan fingerprint density at radius 1 is 1.15 bits per heavy atom. The molecule has 0 amide bonds. The Morgan fingerprint density at radius 3 is 2.50 bits per heavy atom. The lowest BCUT2D eigenvalue weighted by Crippen LogP contribution is -2.61. The molecule has 1 saturated heterocycles. The van der Waals surface area contributed by atoms with E-state index in [1.54, 1.807) is 33.2 Å². The molecular weight excluding hydrogens is 532 g/mol. The van der Waals surface area contributed by atoms with Crippen molar-refractivity contribution in [2.75, 3.05) is 26.4 Å². The second-order valence-corrected chi connectivity index (χ2v) is 10.4. The zero-order valence-corrected chi connectivity index (χ0v) is 23.3. The molecule has 0 radical (unpaired) electrons. The fourth-order valence-corrected chi connectivity index (χ4v) is 3.84. The van der Waals surface area contributed by atoms with Gasteiger partial charge in [0.05, 0.1) is 26.4 Å². The molecule has 40 heavy (non-hydrogen) atoms. The van der Waals surface area contributed by atoms with Gasteiger partial charge >= 0.3 is 0 Å². The molecule has 0 aliphatic carbocycles. The summed E-state index contributed by atoms with van der Waals surface area (Å²) >= 11 is 0. The topological polar surface area (TPSA) is 213 Å². The number of aliphatic hydroxyl groups excluding tert-OH is 7. The highest BCUT2D eigenvalue weighted by Crippen LogP contribution is 2.27. The number of nitrogens with zero attached hydrogens (tertiary/aromatic N) is 1. The quantitative estimate of drug-likeness (QED) is 0.0481. The minimum absolute atomic E-state index is 0.113. The van der Waals surface area contributed by atoms with Crippen LogP contribution in [0.3, 0.4) is 0 Å². The number of rotatable bonds is 16. The van der Waals surface area contributed by atoms with Crippen molar-refractivity contribution in [1.29, 1.82) is 0 Å². The third kappa shape index (κ3) is 10.9. The van der Waals surface area contributed by atoms with E-state index in [0.717, 1.165) is 17.2 Å². The van der Waals surface area contributed by atoms with Gasteiger partial charge in [0.25, 0.3) is 0 Å². The van der Waals surface area contributed by atoms with E-state index in [0.29, 0.717) is 19.6 Å². The fourth-order valence-electron chi connectivity index (χ4n) is 3.84. The van der Waals surface area contributed by atoms with E-state index in [1.165, 1.54) is 0 Å². The molecule has 0 aromatic carbocycles.